The van der Waals surface area contributed by atoms with Crippen molar-refractivity contribution in [3.63, 3.8) is 0 Å². The number of aromatic nitrogens is 4. The number of likely N-dealkylation sites (N-methyl/N-ethyl adjacent to an activating group) is 1. The number of halogens is 1. The van der Waals surface area contributed by atoms with Gasteiger partial charge in [-0.05, 0) is 31.7 Å². The standard InChI is InChI=1S/C28H32ClN7O3/c1-35(12-13-37)16-20-17-36-25(31-20)10-9-24(34-36)22-5-3-4-21(27(22)29)23-8-6-18(28(33-23)39-2)14-30-15-19-7-11-26(38)32-19/h3-6,8-10,17,19,30,37H,7,11-16H2,1-2H3,(H,32,38)/t19-/m0/s1. The van der Waals surface area contributed by atoms with Crippen molar-refractivity contribution in [2.75, 3.05) is 33.9 Å². The summed E-state index contributed by atoms with van der Waals surface area (Å²) in [5, 5.41) is 20.8. The van der Waals surface area contributed by atoms with Crippen LogP contribution in [0.5, 0.6) is 5.88 Å². The van der Waals surface area contributed by atoms with Crippen LogP contribution in [0.3, 0.4) is 0 Å². The van der Waals surface area contributed by atoms with E-state index in [1.165, 1.54) is 0 Å². The summed E-state index contributed by atoms with van der Waals surface area (Å²) in [5.74, 6) is 0.630. The number of carbonyl (C=O) groups excluding carboxylic acids is 1. The molecule has 0 spiro atoms. The van der Waals surface area contributed by atoms with Crippen molar-refractivity contribution in [1.29, 1.82) is 0 Å². The Hall–Kier alpha value is -3.57. The monoisotopic (exact) mass is 549 g/mol. The van der Waals surface area contributed by atoms with Crippen molar-refractivity contribution < 1.29 is 14.6 Å². The zero-order chi connectivity index (χ0) is 27.4. The largest absolute Gasteiger partial charge is 0.481 e. The van der Waals surface area contributed by atoms with Gasteiger partial charge >= 0.3 is 0 Å². The average Bonchev–Trinajstić information content (AvgIpc) is 3.53. The van der Waals surface area contributed by atoms with E-state index in [4.69, 9.17) is 31.5 Å². The number of amides is 1. The Morgan fingerprint density at radius 2 is 1.97 bits per heavy atom. The molecule has 11 heteroatoms. The first kappa shape index (κ1) is 27.0. The van der Waals surface area contributed by atoms with Gasteiger partial charge in [-0.1, -0.05) is 35.9 Å². The van der Waals surface area contributed by atoms with Crippen molar-refractivity contribution in [2.45, 2.75) is 32.0 Å². The first-order chi connectivity index (χ1) is 18.9. The number of pyridine rings is 1. The molecule has 3 N–H and O–H groups in total. The number of nitrogens with zero attached hydrogens (tertiary/aromatic N) is 5. The van der Waals surface area contributed by atoms with Crippen LogP contribution >= 0.6 is 11.6 Å². The van der Waals surface area contributed by atoms with E-state index >= 15 is 0 Å². The number of imidazole rings is 1. The van der Waals surface area contributed by atoms with E-state index in [9.17, 15) is 4.79 Å². The van der Waals surface area contributed by atoms with Crippen LogP contribution in [0, 0.1) is 0 Å². The topological polar surface area (TPSA) is 117 Å². The van der Waals surface area contributed by atoms with Crippen molar-refractivity contribution in [3.8, 4) is 28.4 Å². The van der Waals surface area contributed by atoms with Crippen LogP contribution in [-0.4, -0.2) is 75.4 Å². The normalized spacial score (nSPS) is 15.3. The number of fused-ring (bicyclic) bond motifs is 1. The predicted molar refractivity (Wildman–Crippen MR) is 150 cm³/mol. The molecule has 204 valence electrons. The van der Waals surface area contributed by atoms with Gasteiger partial charge in [0.1, 0.15) is 0 Å². The molecule has 3 aromatic heterocycles. The van der Waals surface area contributed by atoms with Gasteiger partial charge in [0.25, 0.3) is 0 Å². The molecule has 4 aromatic rings. The Labute approximate surface area is 232 Å². The number of rotatable bonds is 11. The third kappa shape index (κ3) is 6.20. The number of nitrogens with one attached hydrogen (secondary N) is 2. The van der Waals surface area contributed by atoms with Crippen LogP contribution in [-0.2, 0) is 17.9 Å². The molecule has 0 radical (unpaired) electrons. The minimum Gasteiger partial charge on any atom is -0.481 e. The van der Waals surface area contributed by atoms with Crippen LogP contribution in [0.15, 0.2) is 48.7 Å². The van der Waals surface area contributed by atoms with E-state index in [1.54, 1.807) is 11.6 Å². The van der Waals surface area contributed by atoms with E-state index in [1.807, 2.05) is 60.6 Å². The molecule has 5 rings (SSSR count). The van der Waals surface area contributed by atoms with E-state index in [-0.39, 0.29) is 18.6 Å². The lowest BCUT2D eigenvalue weighted by molar-refractivity contribution is -0.119. The molecule has 1 saturated heterocycles. The maximum absolute atomic E-state index is 11.4. The Morgan fingerprint density at radius 3 is 2.72 bits per heavy atom. The SMILES string of the molecule is COc1nc(-c2cccc(-c3ccc4nc(CN(C)CCO)cn4n3)c2Cl)ccc1CNC[C@@H]1CCC(=O)N1. The van der Waals surface area contributed by atoms with Gasteiger partial charge in [0.05, 0.1) is 42.0 Å². The van der Waals surface area contributed by atoms with Crippen LogP contribution in [0.1, 0.15) is 24.1 Å². The third-order valence-electron chi connectivity index (χ3n) is 6.76. The molecule has 1 aliphatic heterocycles. The third-order valence-corrected chi connectivity index (χ3v) is 7.16. The molecule has 0 unspecified atom stereocenters. The average molecular weight is 550 g/mol. The molecule has 4 heterocycles. The Bertz CT molecular complexity index is 1480. The van der Waals surface area contributed by atoms with E-state index < -0.39 is 0 Å². The second kappa shape index (κ2) is 12.1. The van der Waals surface area contributed by atoms with Crippen molar-refractivity contribution in [3.05, 3.63) is 64.9 Å². The second-order valence-corrected chi connectivity index (χ2v) is 10.1. The fourth-order valence-corrected chi connectivity index (χ4v) is 5.07. The molecular formula is C28H32ClN7O3. The highest BCUT2D eigenvalue weighted by atomic mass is 35.5. The first-order valence-electron chi connectivity index (χ1n) is 12.9. The number of carbonyl (C=O) groups is 1. The van der Waals surface area contributed by atoms with Gasteiger partial charge in [-0.25, -0.2) is 14.5 Å². The summed E-state index contributed by atoms with van der Waals surface area (Å²) in [6.07, 6.45) is 3.33. The van der Waals surface area contributed by atoms with Gasteiger partial charge in [-0.15, -0.1) is 0 Å². The summed E-state index contributed by atoms with van der Waals surface area (Å²) in [4.78, 5) is 22.8. The number of aliphatic hydroxyl groups is 1. The van der Waals surface area contributed by atoms with Crippen LogP contribution in [0.25, 0.3) is 28.2 Å². The maximum Gasteiger partial charge on any atom is 0.220 e. The Balaban J connectivity index is 1.35. The number of hydrogen-bond donors (Lipinski definition) is 3. The minimum atomic E-state index is 0.1000. The molecule has 1 aliphatic rings. The summed E-state index contributed by atoms with van der Waals surface area (Å²) >= 11 is 6.92. The van der Waals surface area contributed by atoms with Gasteiger partial charge < -0.3 is 20.5 Å². The number of benzene rings is 1. The predicted octanol–water partition coefficient (Wildman–Crippen LogP) is 2.91. The highest BCUT2D eigenvalue weighted by Crippen LogP contribution is 2.36. The lowest BCUT2D eigenvalue weighted by Crippen LogP contribution is -2.35. The highest BCUT2D eigenvalue weighted by molar-refractivity contribution is 6.36. The molecule has 0 saturated carbocycles. The maximum atomic E-state index is 11.4. The number of aliphatic hydroxyl groups excluding tert-OH is 1. The van der Waals surface area contributed by atoms with E-state index in [0.717, 1.165) is 34.5 Å². The molecule has 1 fully saturated rings. The molecule has 1 aromatic carbocycles. The fraction of sp³-hybridized carbons (Fsp3) is 0.357. The van der Waals surface area contributed by atoms with Crippen molar-refractivity contribution in [1.82, 2.24) is 35.1 Å². The molecule has 1 atom stereocenters. The quantitative estimate of drug-likeness (QED) is 0.261. The van der Waals surface area contributed by atoms with Gasteiger partial charge in [0.2, 0.25) is 11.8 Å². The van der Waals surface area contributed by atoms with Gasteiger partial charge in [0.15, 0.2) is 5.65 Å². The molecule has 1 amide bonds. The molecule has 39 heavy (non-hydrogen) atoms. The number of ether oxygens (including phenoxy) is 1. The van der Waals surface area contributed by atoms with Gasteiger partial charge in [-0.2, -0.15) is 5.10 Å². The van der Waals surface area contributed by atoms with Crippen molar-refractivity contribution >= 4 is 23.2 Å². The number of methoxy groups -OCH3 is 1. The van der Waals surface area contributed by atoms with E-state index in [0.29, 0.717) is 54.9 Å². The van der Waals surface area contributed by atoms with Crippen LogP contribution in [0.4, 0.5) is 0 Å². The van der Waals surface area contributed by atoms with Gasteiger partial charge in [0, 0.05) is 55.3 Å². The summed E-state index contributed by atoms with van der Waals surface area (Å²) in [6, 6.07) is 13.7. The lowest BCUT2D eigenvalue weighted by atomic mass is 10.0. The van der Waals surface area contributed by atoms with Crippen LogP contribution in [0.2, 0.25) is 5.02 Å². The smallest absolute Gasteiger partial charge is 0.220 e. The molecule has 0 aliphatic carbocycles. The van der Waals surface area contributed by atoms with Gasteiger partial charge in [-0.3, -0.25) is 9.69 Å². The minimum absolute atomic E-state index is 0.1000. The Kier molecular flexibility index (Phi) is 8.37. The fourth-order valence-electron chi connectivity index (χ4n) is 4.75. The second-order valence-electron chi connectivity index (χ2n) is 9.68. The molecule has 10 nitrogen and oxygen atoms in total. The highest BCUT2D eigenvalue weighted by Gasteiger charge is 2.20. The lowest BCUT2D eigenvalue weighted by Gasteiger charge is -2.14. The summed E-state index contributed by atoms with van der Waals surface area (Å²) in [7, 11) is 3.54. The first-order valence-corrected chi connectivity index (χ1v) is 13.3. The van der Waals surface area contributed by atoms with E-state index in [2.05, 4.69) is 15.6 Å². The molecular weight excluding hydrogens is 518 g/mol. The zero-order valence-corrected chi connectivity index (χ0v) is 22.8. The summed E-state index contributed by atoms with van der Waals surface area (Å²) in [6.45, 7) is 2.56. The zero-order valence-electron chi connectivity index (χ0n) is 22.0. The van der Waals surface area contributed by atoms with Crippen molar-refractivity contribution in [2.24, 2.45) is 0 Å². The summed E-state index contributed by atoms with van der Waals surface area (Å²) in [5.41, 5.74) is 5.51. The Morgan fingerprint density at radius 1 is 1.18 bits per heavy atom. The number of hydrogen-bond acceptors (Lipinski definition) is 8. The van der Waals surface area contributed by atoms with Crippen LogP contribution < -0.4 is 15.4 Å². The molecule has 0 bridgehead atoms. The summed E-state index contributed by atoms with van der Waals surface area (Å²) < 4.78 is 7.34.